The largest absolute Gasteiger partial charge is 0.354 e. The fourth-order valence-electron chi connectivity index (χ4n) is 3.53. The molecule has 4 nitrogen and oxygen atoms in total. The van der Waals surface area contributed by atoms with Crippen molar-refractivity contribution in [2.75, 3.05) is 39.3 Å². The molecular formula is C24H30FN3O. The molecule has 2 aromatic carbocycles. The molecule has 0 bridgehead atoms. The number of carbonyl (C=O) groups excluding carboxylic acids is 1. The van der Waals surface area contributed by atoms with Crippen LogP contribution >= 0.6 is 0 Å². The number of halogens is 1. The summed E-state index contributed by atoms with van der Waals surface area (Å²) in [6, 6.07) is 16.6. The van der Waals surface area contributed by atoms with Gasteiger partial charge in [0.1, 0.15) is 5.82 Å². The number of hydrogen-bond acceptors (Lipinski definition) is 3. The Morgan fingerprint density at radius 2 is 1.76 bits per heavy atom. The fraction of sp³-hybridized carbons (Fsp3) is 0.375. The summed E-state index contributed by atoms with van der Waals surface area (Å²) in [4.78, 5) is 17.1. The van der Waals surface area contributed by atoms with E-state index in [1.54, 1.807) is 12.1 Å². The maximum atomic E-state index is 12.9. The summed E-state index contributed by atoms with van der Waals surface area (Å²) >= 11 is 0. The lowest BCUT2D eigenvalue weighted by atomic mass is 10.1. The zero-order chi connectivity index (χ0) is 20.5. The van der Waals surface area contributed by atoms with Crippen LogP contribution in [0.25, 0.3) is 6.08 Å². The maximum Gasteiger partial charge on any atom is 0.237 e. The van der Waals surface area contributed by atoms with Crippen LogP contribution in [0.4, 0.5) is 4.39 Å². The lowest BCUT2D eigenvalue weighted by Crippen LogP contribution is -2.54. The number of benzene rings is 2. The van der Waals surface area contributed by atoms with Crippen molar-refractivity contribution in [2.24, 2.45) is 0 Å². The molecule has 1 atom stereocenters. The highest BCUT2D eigenvalue weighted by Gasteiger charge is 2.24. The molecule has 0 aromatic heterocycles. The summed E-state index contributed by atoms with van der Waals surface area (Å²) in [6.07, 6.45) is 5.07. The molecule has 1 fully saturated rings. The second-order valence-electron chi connectivity index (χ2n) is 7.49. The molecule has 29 heavy (non-hydrogen) atoms. The number of nitrogens with one attached hydrogen (secondary N) is 1. The second-order valence-corrected chi connectivity index (χ2v) is 7.49. The van der Waals surface area contributed by atoms with Gasteiger partial charge in [0.25, 0.3) is 0 Å². The summed E-state index contributed by atoms with van der Waals surface area (Å²) in [7, 11) is 0. The molecule has 0 radical (unpaired) electrons. The average Bonchev–Trinajstić information content (AvgIpc) is 2.76. The van der Waals surface area contributed by atoms with E-state index in [1.165, 1.54) is 17.7 Å². The first-order valence-electron chi connectivity index (χ1n) is 10.3. The Balaban J connectivity index is 1.35. The van der Waals surface area contributed by atoms with E-state index in [2.05, 4.69) is 39.4 Å². The zero-order valence-corrected chi connectivity index (χ0v) is 17.1. The highest BCUT2D eigenvalue weighted by atomic mass is 19.1. The number of rotatable bonds is 8. The molecule has 1 N–H and O–H groups in total. The van der Waals surface area contributed by atoms with E-state index in [-0.39, 0.29) is 17.8 Å². The van der Waals surface area contributed by atoms with Gasteiger partial charge in [-0.3, -0.25) is 14.6 Å². The third-order valence-corrected chi connectivity index (χ3v) is 5.43. The highest BCUT2D eigenvalue weighted by molar-refractivity contribution is 5.81. The van der Waals surface area contributed by atoms with Gasteiger partial charge < -0.3 is 5.32 Å². The van der Waals surface area contributed by atoms with Crippen LogP contribution in [0.1, 0.15) is 18.1 Å². The van der Waals surface area contributed by atoms with Gasteiger partial charge in [-0.15, -0.1) is 0 Å². The first kappa shape index (κ1) is 21.2. The number of nitrogens with zero attached hydrogens (tertiary/aromatic N) is 2. The Kier molecular flexibility index (Phi) is 7.96. The highest BCUT2D eigenvalue weighted by Crippen LogP contribution is 2.08. The van der Waals surface area contributed by atoms with E-state index in [1.807, 2.05) is 25.1 Å². The van der Waals surface area contributed by atoms with Crippen LogP contribution in [0.5, 0.6) is 0 Å². The molecule has 1 aliphatic rings. The number of carbonyl (C=O) groups is 1. The molecule has 3 rings (SSSR count). The molecule has 0 unspecified atom stereocenters. The monoisotopic (exact) mass is 395 g/mol. The van der Waals surface area contributed by atoms with E-state index in [9.17, 15) is 9.18 Å². The van der Waals surface area contributed by atoms with Gasteiger partial charge in [0.2, 0.25) is 5.91 Å². The van der Waals surface area contributed by atoms with Gasteiger partial charge in [-0.05, 0) is 36.6 Å². The van der Waals surface area contributed by atoms with E-state index >= 15 is 0 Å². The Morgan fingerprint density at radius 1 is 1.07 bits per heavy atom. The van der Waals surface area contributed by atoms with Crippen molar-refractivity contribution in [3.63, 3.8) is 0 Å². The molecular weight excluding hydrogens is 365 g/mol. The zero-order valence-electron chi connectivity index (χ0n) is 17.1. The Labute approximate surface area is 173 Å². The van der Waals surface area contributed by atoms with Gasteiger partial charge in [-0.2, -0.15) is 0 Å². The third kappa shape index (κ3) is 6.80. The summed E-state index contributed by atoms with van der Waals surface area (Å²) < 4.78 is 12.9. The Hall–Kier alpha value is -2.50. The van der Waals surface area contributed by atoms with Gasteiger partial charge in [0.05, 0.1) is 6.04 Å². The minimum absolute atomic E-state index is 0.0598. The molecule has 1 amide bonds. The summed E-state index contributed by atoms with van der Waals surface area (Å²) in [6.45, 7) is 7.19. The molecule has 0 saturated carbocycles. The standard InChI is InChI=1S/C24H30FN3O/c1-20(24(29)26-14-13-22-9-11-23(25)12-10-22)28-18-16-27(17-19-28)15-5-8-21-6-3-2-4-7-21/h2-12,20H,13-19H2,1H3,(H,26,29)/b8-5+/t20-/m1/s1. The van der Waals surface area contributed by atoms with Crippen LogP contribution in [0, 0.1) is 5.82 Å². The average molecular weight is 396 g/mol. The van der Waals surface area contributed by atoms with Gasteiger partial charge in [0, 0.05) is 39.3 Å². The van der Waals surface area contributed by atoms with Crippen molar-refractivity contribution in [2.45, 2.75) is 19.4 Å². The van der Waals surface area contributed by atoms with Gasteiger partial charge >= 0.3 is 0 Å². The fourth-order valence-corrected chi connectivity index (χ4v) is 3.53. The molecule has 2 aromatic rings. The normalized spacial score (nSPS) is 16.8. The molecule has 0 spiro atoms. The molecule has 154 valence electrons. The molecule has 5 heteroatoms. The first-order valence-corrected chi connectivity index (χ1v) is 10.3. The van der Waals surface area contributed by atoms with Crippen molar-refractivity contribution in [1.82, 2.24) is 15.1 Å². The lowest BCUT2D eigenvalue weighted by Gasteiger charge is -2.37. The first-order chi connectivity index (χ1) is 14.1. The van der Waals surface area contributed by atoms with Gasteiger partial charge in [-0.25, -0.2) is 4.39 Å². The van der Waals surface area contributed by atoms with Crippen molar-refractivity contribution >= 4 is 12.0 Å². The van der Waals surface area contributed by atoms with E-state index in [0.29, 0.717) is 13.0 Å². The van der Waals surface area contributed by atoms with Crippen LogP contribution in [-0.4, -0.2) is 61.0 Å². The Bertz CT molecular complexity index is 784. The molecule has 1 saturated heterocycles. The van der Waals surface area contributed by atoms with E-state index < -0.39 is 0 Å². The predicted octanol–water partition coefficient (Wildman–Crippen LogP) is 3.20. The van der Waals surface area contributed by atoms with Gasteiger partial charge in [-0.1, -0.05) is 54.6 Å². The topological polar surface area (TPSA) is 35.6 Å². The van der Waals surface area contributed by atoms with Crippen LogP contribution in [0.15, 0.2) is 60.7 Å². The van der Waals surface area contributed by atoms with Gasteiger partial charge in [0.15, 0.2) is 0 Å². The Morgan fingerprint density at radius 3 is 2.45 bits per heavy atom. The van der Waals surface area contributed by atoms with Crippen molar-refractivity contribution in [3.8, 4) is 0 Å². The molecule has 1 aliphatic heterocycles. The van der Waals surface area contributed by atoms with E-state index in [4.69, 9.17) is 0 Å². The quantitative estimate of drug-likeness (QED) is 0.746. The van der Waals surface area contributed by atoms with E-state index in [0.717, 1.165) is 38.3 Å². The molecule has 0 aliphatic carbocycles. The SMILES string of the molecule is C[C@H](C(=O)NCCc1ccc(F)cc1)N1CCN(C/C=C/c2ccccc2)CC1. The summed E-state index contributed by atoms with van der Waals surface area (Å²) in [5.74, 6) is -0.175. The number of piperazine rings is 1. The van der Waals surface area contributed by atoms with Crippen LogP contribution in [-0.2, 0) is 11.2 Å². The number of hydrogen-bond donors (Lipinski definition) is 1. The van der Waals surface area contributed by atoms with Crippen LogP contribution in [0.3, 0.4) is 0 Å². The van der Waals surface area contributed by atoms with Crippen LogP contribution < -0.4 is 5.32 Å². The van der Waals surface area contributed by atoms with Crippen LogP contribution in [0.2, 0.25) is 0 Å². The molecule has 1 heterocycles. The summed E-state index contributed by atoms with van der Waals surface area (Å²) in [5.41, 5.74) is 2.24. The van der Waals surface area contributed by atoms with Crippen molar-refractivity contribution in [3.05, 3.63) is 77.6 Å². The second kappa shape index (κ2) is 10.9. The predicted molar refractivity (Wildman–Crippen MR) is 116 cm³/mol. The lowest BCUT2D eigenvalue weighted by molar-refractivity contribution is -0.126. The minimum Gasteiger partial charge on any atom is -0.354 e. The third-order valence-electron chi connectivity index (χ3n) is 5.43. The smallest absolute Gasteiger partial charge is 0.237 e. The van der Waals surface area contributed by atoms with Crippen molar-refractivity contribution in [1.29, 1.82) is 0 Å². The number of amides is 1. The minimum atomic E-state index is -0.235. The summed E-state index contributed by atoms with van der Waals surface area (Å²) in [5, 5.41) is 3.01. The maximum absolute atomic E-state index is 12.9. The van der Waals surface area contributed by atoms with Crippen molar-refractivity contribution < 1.29 is 9.18 Å².